The topological polar surface area (TPSA) is 110 Å². The molecule has 0 saturated carbocycles. The number of nitro groups is 1. The summed E-state index contributed by atoms with van der Waals surface area (Å²) in [7, 11) is 0. The van der Waals surface area contributed by atoms with Crippen LogP contribution in [0.5, 0.6) is 0 Å². The number of H-pyrrole nitrogens is 1. The number of halogens is 1. The summed E-state index contributed by atoms with van der Waals surface area (Å²) >= 11 is 0. The molecule has 2 heterocycles. The summed E-state index contributed by atoms with van der Waals surface area (Å²) in [5, 5.41) is 19.7. The van der Waals surface area contributed by atoms with E-state index in [0.29, 0.717) is 26.1 Å². The van der Waals surface area contributed by atoms with Crippen LogP contribution in [-0.2, 0) is 10.3 Å². The normalized spacial score (nSPS) is 16.5. The molecule has 0 atom stereocenters. The average Bonchev–Trinajstić information content (AvgIpc) is 3.06. The zero-order chi connectivity index (χ0) is 17.2. The number of hydrogen-bond acceptors (Lipinski definition) is 5. The van der Waals surface area contributed by atoms with Gasteiger partial charge in [-0.2, -0.15) is 5.10 Å². The fraction of sp³-hybridized carbons (Fsp3) is 0.333. The van der Waals surface area contributed by atoms with Crippen LogP contribution in [0, 0.1) is 15.9 Å². The summed E-state index contributed by atoms with van der Waals surface area (Å²) in [6, 6.07) is 5.83. The summed E-state index contributed by atoms with van der Waals surface area (Å²) in [4.78, 5) is 22.8. The zero-order valence-corrected chi connectivity index (χ0v) is 12.6. The maximum atomic E-state index is 13.2. The van der Waals surface area contributed by atoms with E-state index in [0.717, 1.165) is 11.8 Å². The largest absolute Gasteiger partial charge is 0.381 e. The van der Waals surface area contributed by atoms with E-state index < -0.39 is 22.1 Å². The Bertz CT molecular complexity index is 753. The Kier molecular flexibility index (Phi) is 4.26. The van der Waals surface area contributed by atoms with Crippen molar-refractivity contribution >= 4 is 11.6 Å². The minimum absolute atomic E-state index is 0.215. The van der Waals surface area contributed by atoms with Gasteiger partial charge >= 0.3 is 5.69 Å². The van der Waals surface area contributed by atoms with Crippen molar-refractivity contribution in [3.63, 3.8) is 0 Å². The van der Waals surface area contributed by atoms with Crippen LogP contribution < -0.4 is 5.32 Å². The quantitative estimate of drug-likeness (QED) is 0.655. The van der Waals surface area contributed by atoms with Crippen molar-refractivity contribution in [2.24, 2.45) is 0 Å². The molecule has 1 saturated heterocycles. The minimum Gasteiger partial charge on any atom is -0.381 e. The van der Waals surface area contributed by atoms with E-state index in [1.807, 2.05) is 0 Å². The van der Waals surface area contributed by atoms with Crippen LogP contribution in [0.3, 0.4) is 0 Å². The Morgan fingerprint density at radius 1 is 1.33 bits per heavy atom. The standard InChI is InChI=1S/C15H15FN4O4/c16-11-3-1-10(2-4-11)15(5-7-24-8-6-15)18-14(21)13-12(20(22)23)9-17-19-13/h1-4,9H,5-8H2,(H,17,19)(H,18,21). The van der Waals surface area contributed by atoms with Crippen LogP contribution in [0.15, 0.2) is 30.5 Å². The van der Waals surface area contributed by atoms with Crippen LogP contribution in [0.2, 0.25) is 0 Å². The molecule has 2 aromatic rings. The van der Waals surface area contributed by atoms with Crippen LogP contribution in [0.25, 0.3) is 0 Å². The maximum absolute atomic E-state index is 13.2. The second kappa shape index (κ2) is 6.36. The fourth-order valence-electron chi connectivity index (χ4n) is 2.84. The third-order valence-electron chi connectivity index (χ3n) is 4.14. The molecule has 0 spiro atoms. The number of carbonyl (C=O) groups is 1. The lowest BCUT2D eigenvalue weighted by atomic mass is 9.82. The van der Waals surface area contributed by atoms with Crippen LogP contribution in [-0.4, -0.2) is 34.2 Å². The van der Waals surface area contributed by atoms with E-state index >= 15 is 0 Å². The van der Waals surface area contributed by atoms with Gasteiger partial charge in [-0.1, -0.05) is 12.1 Å². The maximum Gasteiger partial charge on any atom is 0.319 e. The highest BCUT2D eigenvalue weighted by molar-refractivity contribution is 5.96. The number of ether oxygens (including phenoxy) is 1. The van der Waals surface area contributed by atoms with E-state index in [-0.39, 0.29) is 11.5 Å². The van der Waals surface area contributed by atoms with Crippen molar-refractivity contribution in [3.8, 4) is 0 Å². The van der Waals surface area contributed by atoms with E-state index in [1.165, 1.54) is 12.1 Å². The second-order valence-corrected chi connectivity index (χ2v) is 5.54. The lowest BCUT2D eigenvalue weighted by Crippen LogP contribution is -2.49. The number of hydrogen-bond donors (Lipinski definition) is 2. The molecule has 1 aromatic carbocycles. The van der Waals surface area contributed by atoms with Gasteiger partial charge in [0, 0.05) is 13.2 Å². The number of carbonyl (C=O) groups excluding carboxylic acids is 1. The Balaban J connectivity index is 1.92. The molecule has 1 aliphatic heterocycles. The van der Waals surface area contributed by atoms with Gasteiger partial charge in [0.15, 0.2) is 0 Å². The van der Waals surface area contributed by atoms with E-state index in [9.17, 15) is 19.3 Å². The van der Waals surface area contributed by atoms with E-state index in [1.54, 1.807) is 12.1 Å². The molecule has 0 bridgehead atoms. The number of aromatic amines is 1. The molecule has 1 amide bonds. The number of benzene rings is 1. The highest BCUT2D eigenvalue weighted by Gasteiger charge is 2.38. The Hall–Kier alpha value is -2.81. The van der Waals surface area contributed by atoms with Gasteiger partial charge in [-0.05, 0) is 30.5 Å². The van der Waals surface area contributed by atoms with Gasteiger partial charge in [-0.25, -0.2) is 4.39 Å². The van der Waals surface area contributed by atoms with Gasteiger partial charge in [-0.15, -0.1) is 0 Å². The van der Waals surface area contributed by atoms with Gasteiger partial charge in [0.1, 0.15) is 12.0 Å². The molecule has 126 valence electrons. The van der Waals surface area contributed by atoms with E-state index in [4.69, 9.17) is 4.74 Å². The summed E-state index contributed by atoms with van der Waals surface area (Å²) in [5.74, 6) is -1.01. The number of rotatable bonds is 4. The molecule has 0 aliphatic carbocycles. The first-order chi connectivity index (χ1) is 11.5. The molecular weight excluding hydrogens is 319 g/mol. The predicted molar refractivity (Wildman–Crippen MR) is 80.8 cm³/mol. The molecule has 0 radical (unpaired) electrons. The predicted octanol–water partition coefficient (Wildman–Crippen LogP) is 1.89. The van der Waals surface area contributed by atoms with Crippen molar-refractivity contribution in [3.05, 3.63) is 57.7 Å². The Morgan fingerprint density at radius 2 is 2.00 bits per heavy atom. The molecule has 1 aromatic heterocycles. The minimum atomic E-state index is -0.776. The molecule has 9 heteroatoms. The number of aromatic nitrogens is 2. The fourth-order valence-corrected chi connectivity index (χ4v) is 2.84. The molecule has 1 aliphatic rings. The molecule has 3 rings (SSSR count). The van der Waals surface area contributed by atoms with Crippen LogP contribution in [0.1, 0.15) is 28.9 Å². The van der Waals surface area contributed by atoms with Crippen molar-refractivity contribution < 1.29 is 18.8 Å². The molecule has 1 fully saturated rings. The summed E-state index contributed by atoms with van der Waals surface area (Å²) in [6.07, 6.45) is 1.95. The first-order valence-corrected chi connectivity index (χ1v) is 7.36. The van der Waals surface area contributed by atoms with Gasteiger partial charge in [-0.3, -0.25) is 20.0 Å². The zero-order valence-electron chi connectivity index (χ0n) is 12.6. The smallest absolute Gasteiger partial charge is 0.319 e. The molecule has 0 unspecified atom stereocenters. The molecule has 24 heavy (non-hydrogen) atoms. The first kappa shape index (κ1) is 16.1. The lowest BCUT2D eigenvalue weighted by molar-refractivity contribution is -0.385. The summed E-state index contributed by atoms with van der Waals surface area (Å²) < 4.78 is 18.6. The highest BCUT2D eigenvalue weighted by atomic mass is 19.1. The van der Waals surface area contributed by atoms with E-state index in [2.05, 4.69) is 15.5 Å². The van der Waals surface area contributed by atoms with Gasteiger partial charge in [0.25, 0.3) is 5.91 Å². The first-order valence-electron chi connectivity index (χ1n) is 7.36. The number of nitrogens with one attached hydrogen (secondary N) is 2. The second-order valence-electron chi connectivity index (χ2n) is 5.54. The SMILES string of the molecule is O=C(NC1(c2ccc(F)cc2)CCOCC1)c1[nH]ncc1[N+](=O)[O-]. The summed E-state index contributed by atoms with van der Waals surface area (Å²) in [5.41, 5.74) is -0.660. The van der Waals surface area contributed by atoms with Crippen molar-refractivity contribution in [1.82, 2.24) is 15.5 Å². The molecule has 2 N–H and O–H groups in total. The average molecular weight is 334 g/mol. The third kappa shape index (κ3) is 2.98. The number of nitrogens with zero attached hydrogens (tertiary/aromatic N) is 2. The van der Waals surface area contributed by atoms with Crippen molar-refractivity contribution in [1.29, 1.82) is 0 Å². The molecular formula is C15H15FN4O4. The van der Waals surface area contributed by atoms with Gasteiger partial charge in [0.05, 0.1) is 10.5 Å². The Labute approximate surface area is 136 Å². The summed E-state index contributed by atoms with van der Waals surface area (Å²) in [6.45, 7) is 0.839. The van der Waals surface area contributed by atoms with Gasteiger partial charge < -0.3 is 10.1 Å². The Morgan fingerprint density at radius 3 is 2.62 bits per heavy atom. The number of amides is 1. The molecule has 8 nitrogen and oxygen atoms in total. The highest BCUT2D eigenvalue weighted by Crippen LogP contribution is 2.33. The van der Waals surface area contributed by atoms with Crippen LogP contribution in [0.4, 0.5) is 10.1 Å². The van der Waals surface area contributed by atoms with Crippen molar-refractivity contribution in [2.75, 3.05) is 13.2 Å². The lowest BCUT2D eigenvalue weighted by Gasteiger charge is -2.38. The van der Waals surface area contributed by atoms with Crippen molar-refractivity contribution in [2.45, 2.75) is 18.4 Å². The monoisotopic (exact) mass is 334 g/mol. The van der Waals surface area contributed by atoms with Crippen LogP contribution >= 0.6 is 0 Å². The van der Waals surface area contributed by atoms with Gasteiger partial charge in [0.2, 0.25) is 5.69 Å². The third-order valence-corrected chi connectivity index (χ3v) is 4.14.